The second kappa shape index (κ2) is 10.8. The lowest BCUT2D eigenvalue weighted by molar-refractivity contribution is 0.175. The summed E-state index contributed by atoms with van der Waals surface area (Å²) in [6.07, 6.45) is -0.241. The Labute approximate surface area is 70.0 Å². The fraction of sp³-hybridized carbons (Fsp3) is 1.00. The fourth-order valence-electron chi connectivity index (χ4n) is 0.171. The molecule has 3 nitrogen and oxygen atoms in total. The molecule has 0 rings (SSSR count). The van der Waals surface area contributed by atoms with Gasteiger partial charge in [-0.2, -0.15) is 0 Å². The quantitative estimate of drug-likeness (QED) is 0.594. The molecular weight excluding hydrogens is 240 g/mol. The van der Waals surface area contributed by atoms with Gasteiger partial charge in [-0.1, -0.05) is 0 Å². The Hall–Kier alpha value is 0.840. The van der Waals surface area contributed by atoms with Gasteiger partial charge in [0, 0.05) is 0 Å². The smallest absolute Gasteiger partial charge is 0.103 e. The maximum Gasteiger partial charge on any atom is 0.103 e. The summed E-state index contributed by atoms with van der Waals surface area (Å²) in [5.41, 5.74) is 9.87. The van der Waals surface area contributed by atoms with Gasteiger partial charge in [-0.15, -0.1) is 34.0 Å². The Morgan fingerprint density at radius 3 is 1.75 bits per heavy atom. The number of halogens is 2. The van der Waals surface area contributed by atoms with Crippen molar-refractivity contribution in [2.75, 3.05) is 6.54 Å². The molecule has 5 N–H and O–H groups in total. The summed E-state index contributed by atoms with van der Waals surface area (Å²) in [5.74, 6) is 0. The van der Waals surface area contributed by atoms with Crippen LogP contribution in [0, 0.1) is 0 Å². The van der Waals surface area contributed by atoms with Gasteiger partial charge in [0.2, 0.25) is 0 Å². The molecule has 1 unspecified atom stereocenters. The van der Waals surface area contributed by atoms with E-state index in [0.29, 0.717) is 13.0 Å². The summed E-state index contributed by atoms with van der Waals surface area (Å²) in [6.45, 7) is 0.456. The highest BCUT2D eigenvalue weighted by Gasteiger charge is 1.87. The van der Waals surface area contributed by atoms with Crippen LogP contribution in [-0.2, 0) is 0 Å². The molecule has 0 saturated carbocycles. The minimum atomic E-state index is -0.727. The Balaban J connectivity index is -0.000000125. The minimum Gasteiger partial charge on any atom is -0.379 e. The number of aliphatic hydroxyl groups excluding tert-OH is 1. The third-order valence-electron chi connectivity index (χ3n) is 0.462. The van der Waals surface area contributed by atoms with Gasteiger partial charge in [0.15, 0.2) is 0 Å². The van der Waals surface area contributed by atoms with Crippen molar-refractivity contribution in [3.05, 3.63) is 0 Å². The Morgan fingerprint density at radius 2 is 1.75 bits per heavy atom. The maximum atomic E-state index is 8.25. The SMILES string of the molecule is Br.Br.NCCC(N)O. The highest BCUT2D eigenvalue weighted by molar-refractivity contribution is 8.93. The van der Waals surface area contributed by atoms with Gasteiger partial charge in [-0.25, -0.2) is 0 Å². The molecule has 0 aliphatic rings. The summed E-state index contributed by atoms with van der Waals surface area (Å²) < 4.78 is 0. The van der Waals surface area contributed by atoms with Crippen LogP contribution in [0.1, 0.15) is 6.42 Å². The minimum absolute atomic E-state index is 0. The lowest BCUT2D eigenvalue weighted by Crippen LogP contribution is -2.22. The zero-order valence-electron chi connectivity index (χ0n) is 4.41. The summed E-state index contributed by atoms with van der Waals surface area (Å²) in [7, 11) is 0. The van der Waals surface area contributed by atoms with Crippen LogP contribution in [0.5, 0.6) is 0 Å². The van der Waals surface area contributed by atoms with Crippen LogP contribution in [0.3, 0.4) is 0 Å². The Bertz CT molecular complexity index is 36.5. The Morgan fingerprint density at radius 1 is 1.38 bits per heavy atom. The average molecular weight is 252 g/mol. The lowest BCUT2D eigenvalue weighted by atomic mass is 10.4. The molecule has 1 atom stereocenters. The van der Waals surface area contributed by atoms with Gasteiger partial charge in [0.1, 0.15) is 6.23 Å². The van der Waals surface area contributed by atoms with E-state index in [1.807, 2.05) is 0 Å². The molecule has 0 aliphatic heterocycles. The second-order valence-electron chi connectivity index (χ2n) is 1.14. The van der Waals surface area contributed by atoms with Crippen molar-refractivity contribution in [3.63, 3.8) is 0 Å². The first-order valence-electron chi connectivity index (χ1n) is 1.91. The van der Waals surface area contributed by atoms with E-state index in [1.165, 1.54) is 0 Å². The first-order valence-corrected chi connectivity index (χ1v) is 1.91. The molecule has 0 aromatic rings. The zero-order chi connectivity index (χ0) is 4.99. The van der Waals surface area contributed by atoms with Gasteiger partial charge in [0.25, 0.3) is 0 Å². The van der Waals surface area contributed by atoms with Crippen LogP contribution < -0.4 is 11.5 Å². The van der Waals surface area contributed by atoms with Crippen molar-refractivity contribution >= 4 is 34.0 Å². The molecule has 0 saturated heterocycles. The zero-order valence-corrected chi connectivity index (χ0v) is 7.84. The largest absolute Gasteiger partial charge is 0.379 e. The third-order valence-corrected chi connectivity index (χ3v) is 0.462. The molecular formula is C3H12Br2N2O. The predicted molar refractivity (Wildman–Crippen MR) is 44.5 cm³/mol. The van der Waals surface area contributed by atoms with Gasteiger partial charge in [-0.05, 0) is 13.0 Å². The van der Waals surface area contributed by atoms with E-state index < -0.39 is 6.23 Å². The molecule has 0 amide bonds. The highest BCUT2D eigenvalue weighted by Crippen LogP contribution is 1.72. The molecule has 0 bridgehead atoms. The van der Waals surface area contributed by atoms with Crippen LogP contribution in [0.2, 0.25) is 0 Å². The summed E-state index contributed by atoms with van der Waals surface area (Å²) in [4.78, 5) is 0. The van der Waals surface area contributed by atoms with Gasteiger partial charge in [0.05, 0.1) is 0 Å². The molecule has 0 aromatic carbocycles. The molecule has 8 heavy (non-hydrogen) atoms. The first-order chi connectivity index (χ1) is 2.77. The topological polar surface area (TPSA) is 72.3 Å². The van der Waals surface area contributed by atoms with E-state index in [-0.39, 0.29) is 34.0 Å². The van der Waals surface area contributed by atoms with E-state index in [2.05, 4.69) is 0 Å². The van der Waals surface area contributed by atoms with Crippen molar-refractivity contribution < 1.29 is 5.11 Å². The van der Waals surface area contributed by atoms with Crippen LogP contribution in [0.4, 0.5) is 0 Å². The molecule has 0 heterocycles. The molecule has 0 aromatic heterocycles. The fourth-order valence-corrected chi connectivity index (χ4v) is 0.171. The molecule has 0 spiro atoms. The van der Waals surface area contributed by atoms with Gasteiger partial charge >= 0.3 is 0 Å². The molecule has 54 valence electrons. The van der Waals surface area contributed by atoms with E-state index in [9.17, 15) is 0 Å². The third kappa shape index (κ3) is 15.8. The first kappa shape index (κ1) is 15.9. The number of rotatable bonds is 2. The van der Waals surface area contributed by atoms with E-state index >= 15 is 0 Å². The van der Waals surface area contributed by atoms with Crippen molar-refractivity contribution in [2.24, 2.45) is 11.5 Å². The maximum absolute atomic E-state index is 8.25. The lowest BCUT2D eigenvalue weighted by Gasteiger charge is -1.96. The van der Waals surface area contributed by atoms with Crippen molar-refractivity contribution in [2.45, 2.75) is 12.6 Å². The Kier molecular flexibility index (Phi) is 21.4. The number of hydrogen-bond donors (Lipinski definition) is 3. The van der Waals surface area contributed by atoms with E-state index in [1.54, 1.807) is 0 Å². The summed E-state index contributed by atoms with van der Waals surface area (Å²) in [5, 5.41) is 8.25. The average Bonchev–Trinajstić information content (AvgIpc) is 1.35. The van der Waals surface area contributed by atoms with E-state index in [4.69, 9.17) is 16.6 Å². The monoisotopic (exact) mass is 250 g/mol. The number of nitrogens with two attached hydrogens (primary N) is 2. The molecule has 0 radical (unpaired) electrons. The number of hydrogen-bond acceptors (Lipinski definition) is 3. The van der Waals surface area contributed by atoms with Gasteiger partial charge < -0.3 is 16.6 Å². The van der Waals surface area contributed by atoms with Crippen molar-refractivity contribution in [1.82, 2.24) is 0 Å². The molecule has 5 heteroatoms. The summed E-state index contributed by atoms with van der Waals surface area (Å²) in [6, 6.07) is 0. The molecule has 0 fully saturated rings. The normalized spacial score (nSPS) is 10.9. The van der Waals surface area contributed by atoms with E-state index in [0.717, 1.165) is 0 Å². The summed E-state index contributed by atoms with van der Waals surface area (Å²) >= 11 is 0. The van der Waals surface area contributed by atoms with Crippen LogP contribution in [0.15, 0.2) is 0 Å². The van der Waals surface area contributed by atoms with Gasteiger partial charge in [-0.3, -0.25) is 0 Å². The number of aliphatic hydroxyl groups is 1. The van der Waals surface area contributed by atoms with Crippen molar-refractivity contribution in [3.8, 4) is 0 Å². The van der Waals surface area contributed by atoms with Crippen molar-refractivity contribution in [1.29, 1.82) is 0 Å². The van der Waals surface area contributed by atoms with Crippen LogP contribution in [-0.4, -0.2) is 17.9 Å². The molecule has 0 aliphatic carbocycles. The highest BCUT2D eigenvalue weighted by atomic mass is 79.9. The standard InChI is InChI=1S/C3H10N2O.2BrH/c4-2-1-3(5)6;;/h3,6H,1-2,4-5H2;2*1H. The predicted octanol–water partition coefficient (Wildman–Crippen LogP) is -0.232. The second-order valence-corrected chi connectivity index (χ2v) is 1.14. The van der Waals surface area contributed by atoms with Crippen LogP contribution >= 0.6 is 34.0 Å². The van der Waals surface area contributed by atoms with Crippen LogP contribution in [0.25, 0.3) is 0 Å².